The number of alkyl halides is 3. The average Bonchev–Trinajstić information content (AvgIpc) is 2.85. The van der Waals surface area contributed by atoms with Crippen molar-refractivity contribution in [2.24, 2.45) is 5.10 Å². The number of nitrogens with zero attached hydrogens (tertiary/aromatic N) is 2. The minimum absolute atomic E-state index is 0.199. The molecule has 3 aromatic carbocycles. The van der Waals surface area contributed by atoms with Gasteiger partial charge in [-0.15, -0.1) is 0 Å². The van der Waals surface area contributed by atoms with Gasteiger partial charge >= 0.3 is 6.18 Å². The number of halogens is 3. The van der Waals surface area contributed by atoms with E-state index in [1.165, 1.54) is 37.3 Å². The third-order valence-electron chi connectivity index (χ3n) is 5.03. The molecule has 8 nitrogen and oxygen atoms in total. The summed E-state index contributed by atoms with van der Waals surface area (Å²) in [6, 6.07) is 17.4. The molecule has 0 spiro atoms. The molecule has 0 unspecified atom stereocenters. The van der Waals surface area contributed by atoms with E-state index in [4.69, 9.17) is 0 Å². The summed E-state index contributed by atoms with van der Waals surface area (Å²) in [7, 11) is -4.40. The van der Waals surface area contributed by atoms with Crippen molar-refractivity contribution in [3.8, 4) is 0 Å². The number of amides is 2. The van der Waals surface area contributed by atoms with Gasteiger partial charge in [0.1, 0.15) is 6.54 Å². The molecule has 0 saturated heterocycles. The molecular formula is C25H23F3N4O4S. The summed E-state index contributed by atoms with van der Waals surface area (Å²) in [5, 5.41) is 6.60. The van der Waals surface area contributed by atoms with Gasteiger partial charge in [0, 0.05) is 12.6 Å². The Morgan fingerprint density at radius 2 is 1.59 bits per heavy atom. The van der Waals surface area contributed by atoms with Crippen LogP contribution in [0.3, 0.4) is 0 Å². The molecular weight excluding hydrogens is 509 g/mol. The predicted octanol–water partition coefficient (Wildman–Crippen LogP) is 4.40. The fourth-order valence-corrected chi connectivity index (χ4v) is 4.71. The number of carbonyl (C=O) groups excluding carboxylic acids is 2. The van der Waals surface area contributed by atoms with Crippen LogP contribution in [0, 0.1) is 0 Å². The summed E-state index contributed by atoms with van der Waals surface area (Å²) >= 11 is 0. The number of benzene rings is 3. The molecule has 0 aromatic heterocycles. The fourth-order valence-electron chi connectivity index (χ4n) is 3.27. The Hall–Kier alpha value is -4.19. The van der Waals surface area contributed by atoms with Gasteiger partial charge < -0.3 is 5.32 Å². The monoisotopic (exact) mass is 532 g/mol. The molecule has 0 aliphatic carbocycles. The summed E-state index contributed by atoms with van der Waals surface area (Å²) in [6.07, 6.45) is -4.71. The van der Waals surface area contributed by atoms with Crippen molar-refractivity contribution in [2.45, 2.75) is 24.9 Å². The first-order valence-electron chi connectivity index (χ1n) is 10.8. The molecule has 12 heteroatoms. The van der Waals surface area contributed by atoms with Crippen LogP contribution in [0.5, 0.6) is 0 Å². The molecule has 0 heterocycles. The highest BCUT2D eigenvalue weighted by Gasteiger charge is 2.33. The Labute approximate surface area is 211 Å². The lowest BCUT2D eigenvalue weighted by Gasteiger charge is -2.24. The molecule has 0 bridgehead atoms. The van der Waals surface area contributed by atoms with E-state index in [0.29, 0.717) is 27.3 Å². The topological polar surface area (TPSA) is 108 Å². The van der Waals surface area contributed by atoms with Crippen LogP contribution < -0.4 is 15.0 Å². The number of carbonyl (C=O) groups is 2. The first-order valence-corrected chi connectivity index (χ1v) is 12.3. The molecule has 0 aliphatic heterocycles. The lowest BCUT2D eigenvalue weighted by atomic mass is 10.1. The molecule has 0 atom stereocenters. The number of nitrogens with one attached hydrogen (secondary N) is 2. The number of anilines is 2. The van der Waals surface area contributed by atoms with Crippen molar-refractivity contribution < 1.29 is 31.2 Å². The first-order chi connectivity index (χ1) is 17.4. The van der Waals surface area contributed by atoms with Crippen molar-refractivity contribution in [1.29, 1.82) is 0 Å². The normalized spacial score (nSPS) is 12.1. The molecule has 37 heavy (non-hydrogen) atoms. The Bertz CT molecular complexity index is 1430. The molecule has 3 rings (SSSR count). The van der Waals surface area contributed by atoms with Gasteiger partial charge in [-0.2, -0.15) is 18.3 Å². The van der Waals surface area contributed by atoms with Crippen LogP contribution in [0.25, 0.3) is 0 Å². The lowest BCUT2D eigenvalue weighted by Crippen LogP contribution is -2.39. The third kappa shape index (κ3) is 7.17. The van der Waals surface area contributed by atoms with E-state index in [-0.39, 0.29) is 16.5 Å². The maximum absolute atomic E-state index is 13.3. The van der Waals surface area contributed by atoms with Crippen LogP contribution in [0.2, 0.25) is 0 Å². The van der Waals surface area contributed by atoms with E-state index < -0.39 is 34.2 Å². The van der Waals surface area contributed by atoms with E-state index >= 15 is 0 Å². The van der Waals surface area contributed by atoms with E-state index in [9.17, 15) is 31.2 Å². The fraction of sp³-hybridized carbons (Fsp3) is 0.160. The summed E-state index contributed by atoms with van der Waals surface area (Å²) in [5.41, 5.74) is 2.27. The molecule has 0 saturated carbocycles. The van der Waals surface area contributed by atoms with Gasteiger partial charge in [0.2, 0.25) is 5.91 Å². The molecule has 2 N–H and O–H groups in total. The quantitative estimate of drug-likeness (QED) is 0.331. The summed E-state index contributed by atoms with van der Waals surface area (Å²) in [5.74, 6) is -1.15. The summed E-state index contributed by atoms with van der Waals surface area (Å²) < 4.78 is 67.1. The number of hydrogen-bond acceptors (Lipinski definition) is 5. The maximum atomic E-state index is 13.3. The standard InChI is InChI=1S/C25H23F3N4O4S/c1-17(19-8-6-10-21(14-19)29-18(2)33)30-31-24(34)16-32(37(35,36)23-12-4-3-5-13-23)22-11-7-9-20(15-22)25(26,27)28/h3-15H,16H2,1-2H3,(H,29,33)(H,31,34)/b30-17-. The highest BCUT2D eigenvalue weighted by molar-refractivity contribution is 7.92. The van der Waals surface area contributed by atoms with Crippen LogP contribution in [-0.2, 0) is 25.8 Å². The highest BCUT2D eigenvalue weighted by atomic mass is 32.2. The minimum atomic E-state index is -4.71. The zero-order valence-electron chi connectivity index (χ0n) is 19.8. The van der Waals surface area contributed by atoms with Crippen LogP contribution in [0.1, 0.15) is 25.0 Å². The van der Waals surface area contributed by atoms with Crippen molar-refractivity contribution in [1.82, 2.24) is 5.43 Å². The molecule has 0 radical (unpaired) electrons. The van der Waals surface area contributed by atoms with Gasteiger partial charge in [0.05, 0.1) is 21.9 Å². The van der Waals surface area contributed by atoms with Crippen molar-refractivity contribution >= 4 is 38.9 Å². The molecule has 2 amide bonds. The Morgan fingerprint density at radius 3 is 2.24 bits per heavy atom. The second kappa shape index (κ2) is 11.2. The number of sulfonamides is 1. The number of hydrogen-bond donors (Lipinski definition) is 2. The van der Waals surface area contributed by atoms with Gasteiger partial charge in [-0.3, -0.25) is 13.9 Å². The van der Waals surface area contributed by atoms with Gasteiger partial charge in [-0.05, 0) is 55.0 Å². The molecule has 0 aliphatic rings. The zero-order chi connectivity index (χ0) is 27.2. The van der Waals surface area contributed by atoms with Crippen LogP contribution in [0.4, 0.5) is 24.5 Å². The third-order valence-corrected chi connectivity index (χ3v) is 6.82. The molecule has 194 valence electrons. The van der Waals surface area contributed by atoms with Crippen molar-refractivity contribution in [3.05, 3.63) is 90.0 Å². The maximum Gasteiger partial charge on any atom is 0.416 e. The minimum Gasteiger partial charge on any atom is -0.326 e. The number of hydrazone groups is 1. The summed E-state index contributed by atoms with van der Waals surface area (Å²) in [6.45, 7) is 2.10. The van der Waals surface area contributed by atoms with Gasteiger partial charge in [0.25, 0.3) is 15.9 Å². The predicted molar refractivity (Wildman–Crippen MR) is 134 cm³/mol. The van der Waals surface area contributed by atoms with E-state index in [2.05, 4.69) is 15.8 Å². The molecule has 0 fully saturated rings. The molecule has 3 aromatic rings. The largest absolute Gasteiger partial charge is 0.416 e. The van der Waals surface area contributed by atoms with Crippen LogP contribution in [0.15, 0.2) is 88.9 Å². The second-order valence-corrected chi connectivity index (χ2v) is 9.73. The van der Waals surface area contributed by atoms with Crippen LogP contribution >= 0.6 is 0 Å². The van der Waals surface area contributed by atoms with Gasteiger partial charge in [0.15, 0.2) is 0 Å². The van der Waals surface area contributed by atoms with Gasteiger partial charge in [-0.25, -0.2) is 13.8 Å². The number of rotatable bonds is 8. The second-order valence-electron chi connectivity index (χ2n) is 7.87. The zero-order valence-corrected chi connectivity index (χ0v) is 20.6. The summed E-state index contributed by atoms with van der Waals surface area (Å²) in [4.78, 5) is 23.8. The van der Waals surface area contributed by atoms with Crippen LogP contribution in [-0.4, -0.2) is 32.5 Å². The van der Waals surface area contributed by atoms with Crippen molar-refractivity contribution in [2.75, 3.05) is 16.2 Å². The average molecular weight is 533 g/mol. The Kier molecular flexibility index (Phi) is 8.33. The van der Waals surface area contributed by atoms with Gasteiger partial charge in [-0.1, -0.05) is 36.4 Å². The van der Waals surface area contributed by atoms with E-state index in [0.717, 1.165) is 12.1 Å². The highest BCUT2D eigenvalue weighted by Crippen LogP contribution is 2.33. The smallest absolute Gasteiger partial charge is 0.326 e. The van der Waals surface area contributed by atoms with E-state index in [1.54, 1.807) is 37.3 Å². The Balaban J connectivity index is 1.89. The lowest BCUT2D eigenvalue weighted by molar-refractivity contribution is -0.137. The van der Waals surface area contributed by atoms with E-state index in [1.807, 2.05) is 0 Å². The Morgan fingerprint density at radius 1 is 0.919 bits per heavy atom. The first kappa shape index (κ1) is 27.4. The van der Waals surface area contributed by atoms with Crippen molar-refractivity contribution in [3.63, 3.8) is 0 Å². The SMILES string of the molecule is CC(=O)Nc1cccc(/C(C)=N\NC(=O)CN(c2cccc(C(F)(F)F)c2)S(=O)(=O)c2ccccc2)c1.